The summed E-state index contributed by atoms with van der Waals surface area (Å²) in [4.78, 5) is 16.9. The summed E-state index contributed by atoms with van der Waals surface area (Å²) in [6, 6.07) is 14.1. The van der Waals surface area contributed by atoms with Crippen LogP contribution in [0.25, 0.3) is 0 Å². The largest absolute Gasteiger partial charge is 0.493 e. The summed E-state index contributed by atoms with van der Waals surface area (Å²) >= 11 is 0. The van der Waals surface area contributed by atoms with Gasteiger partial charge in [-0.05, 0) is 48.7 Å². The Morgan fingerprint density at radius 3 is 2.35 bits per heavy atom. The van der Waals surface area contributed by atoms with Gasteiger partial charge in [0, 0.05) is 25.3 Å². The van der Waals surface area contributed by atoms with Gasteiger partial charge in [-0.3, -0.25) is 4.79 Å². The number of methoxy groups -OCH3 is 2. The van der Waals surface area contributed by atoms with Gasteiger partial charge in [0.25, 0.3) is 0 Å². The molecule has 0 aliphatic carbocycles. The summed E-state index contributed by atoms with van der Waals surface area (Å²) < 4.78 is 10.8. The van der Waals surface area contributed by atoms with Crippen LogP contribution < -0.4 is 14.4 Å². The van der Waals surface area contributed by atoms with Crippen LogP contribution in [0.5, 0.6) is 11.5 Å². The Morgan fingerprint density at radius 1 is 1.08 bits per heavy atom. The van der Waals surface area contributed by atoms with E-state index < -0.39 is 0 Å². The Labute approximate surface area is 155 Å². The molecule has 0 saturated heterocycles. The van der Waals surface area contributed by atoms with Gasteiger partial charge in [0.15, 0.2) is 11.5 Å². The SMILES string of the molecule is CCN(CC(=O)N1CCc2cc(OC)c(OC)cc2C1)c1ccccc1. The number of rotatable bonds is 6. The Bertz CT molecular complexity index is 761. The van der Waals surface area contributed by atoms with Gasteiger partial charge >= 0.3 is 0 Å². The predicted molar refractivity (Wildman–Crippen MR) is 103 cm³/mol. The van der Waals surface area contributed by atoms with Crippen molar-refractivity contribution >= 4 is 11.6 Å². The molecule has 26 heavy (non-hydrogen) atoms. The molecule has 0 radical (unpaired) electrons. The molecule has 138 valence electrons. The molecule has 0 fully saturated rings. The average Bonchev–Trinajstić information content (AvgIpc) is 2.70. The molecule has 0 bridgehead atoms. The Balaban J connectivity index is 1.72. The molecule has 5 nitrogen and oxygen atoms in total. The highest BCUT2D eigenvalue weighted by Gasteiger charge is 2.24. The zero-order valence-corrected chi connectivity index (χ0v) is 15.7. The highest BCUT2D eigenvalue weighted by atomic mass is 16.5. The van der Waals surface area contributed by atoms with E-state index in [4.69, 9.17) is 9.47 Å². The molecule has 0 N–H and O–H groups in total. The number of benzene rings is 2. The van der Waals surface area contributed by atoms with Crippen molar-refractivity contribution in [3.8, 4) is 11.5 Å². The molecule has 1 amide bonds. The normalized spacial score (nSPS) is 13.1. The third-order valence-electron chi connectivity index (χ3n) is 4.90. The number of fused-ring (bicyclic) bond motifs is 1. The quantitative estimate of drug-likeness (QED) is 0.799. The molecule has 5 heteroatoms. The van der Waals surface area contributed by atoms with Crippen LogP contribution in [0.2, 0.25) is 0 Å². The molecule has 0 atom stereocenters. The van der Waals surface area contributed by atoms with Crippen LogP contribution in [-0.2, 0) is 17.8 Å². The second-order valence-electron chi connectivity index (χ2n) is 6.39. The van der Waals surface area contributed by atoms with E-state index in [0.29, 0.717) is 18.8 Å². The fourth-order valence-electron chi connectivity index (χ4n) is 3.38. The summed E-state index contributed by atoms with van der Waals surface area (Å²) in [5.74, 6) is 1.60. The minimum absolute atomic E-state index is 0.149. The zero-order chi connectivity index (χ0) is 18.5. The number of para-hydroxylation sites is 1. The number of carbonyl (C=O) groups excluding carboxylic acids is 1. The Kier molecular flexibility index (Phi) is 5.66. The second kappa shape index (κ2) is 8.13. The van der Waals surface area contributed by atoms with E-state index in [0.717, 1.165) is 36.5 Å². The third-order valence-corrected chi connectivity index (χ3v) is 4.90. The minimum atomic E-state index is 0.149. The van der Waals surface area contributed by atoms with Crippen LogP contribution in [0.3, 0.4) is 0 Å². The number of amides is 1. The average molecular weight is 354 g/mol. The molecule has 0 saturated carbocycles. The van der Waals surface area contributed by atoms with Gasteiger partial charge in [-0.1, -0.05) is 18.2 Å². The number of hydrogen-bond donors (Lipinski definition) is 0. The first-order valence-corrected chi connectivity index (χ1v) is 8.97. The number of anilines is 1. The van der Waals surface area contributed by atoms with E-state index in [1.54, 1.807) is 14.2 Å². The number of carbonyl (C=O) groups is 1. The van der Waals surface area contributed by atoms with Crippen molar-refractivity contribution in [2.45, 2.75) is 19.9 Å². The third kappa shape index (κ3) is 3.77. The molecular weight excluding hydrogens is 328 g/mol. The number of hydrogen-bond acceptors (Lipinski definition) is 4. The number of likely N-dealkylation sites (N-methyl/N-ethyl adjacent to an activating group) is 1. The van der Waals surface area contributed by atoms with Gasteiger partial charge in [-0.25, -0.2) is 0 Å². The minimum Gasteiger partial charge on any atom is -0.493 e. The van der Waals surface area contributed by atoms with Gasteiger partial charge in [0.1, 0.15) is 0 Å². The summed E-state index contributed by atoms with van der Waals surface area (Å²) in [5, 5.41) is 0. The first-order chi connectivity index (χ1) is 12.7. The first kappa shape index (κ1) is 18.1. The second-order valence-corrected chi connectivity index (χ2v) is 6.39. The van der Waals surface area contributed by atoms with Crippen molar-refractivity contribution in [3.63, 3.8) is 0 Å². The maximum atomic E-state index is 12.9. The topological polar surface area (TPSA) is 42.0 Å². The Hall–Kier alpha value is -2.69. The van der Waals surface area contributed by atoms with Crippen molar-refractivity contribution in [1.82, 2.24) is 4.90 Å². The monoisotopic (exact) mass is 354 g/mol. The van der Waals surface area contributed by atoms with Crippen molar-refractivity contribution in [1.29, 1.82) is 0 Å². The fourth-order valence-corrected chi connectivity index (χ4v) is 3.38. The van der Waals surface area contributed by atoms with E-state index in [9.17, 15) is 4.79 Å². The van der Waals surface area contributed by atoms with Crippen molar-refractivity contribution in [2.75, 3.05) is 38.8 Å². The highest BCUT2D eigenvalue weighted by molar-refractivity contribution is 5.81. The van der Waals surface area contributed by atoms with E-state index in [1.165, 1.54) is 5.56 Å². The van der Waals surface area contributed by atoms with Gasteiger partial charge < -0.3 is 19.3 Å². The first-order valence-electron chi connectivity index (χ1n) is 8.97. The lowest BCUT2D eigenvalue weighted by atomic mass is 9.98. The van der Waals surface area contributed by atoms with Crippen molar-refractivity contribution < 1.29 is 14.3 Å². The van der Waals surface area contributed by atoms with E-state index in [2.05, 4.69) is 11.8 Å². The fraction of sp³-hybridized carbons (Fsp3) is 0.381. The van der Waals surface area contributed by atoms with Gasteiger partial charge in [0.2, 0.25) is 5.91 Å². The summed E-state index contributed by atoms with van der Waals surface area (Å²) in [7, 11) is 3.28. The molecule has 2 aromatic rings. The standard InChI is InChI=1S/C21H26N2O3/c1-4-22(18-8-6-5-7-9-18)15-21(24)23-11-10-16-12-19(25-2)20(26-3)13-17(16)14-23/h5-9,12-13H,4,10-11,14-15H2,1-3H3. The molecule has 1 aliphatic heterocycles. The molecular formula is C21H26N2O3. The smallest absolute Gasteiger partial charge is 0.242 e. The lowest BCUT2D eigenvalue weighted by Crippen LogP contribution is -2.42. The van der Waals surface area contributed by atoms with Crippen LogP contribution in [-0.4, -0.2) is 44.7 Å². The maximum Gasteiger partial charge on any atom is 0.242 e. The van der Waals surface area contributed by atoms with Crippen LogP contribution in [0, 0.1) is 0 Å². The highest BCUT2D eigenvalue weighted by Crippen LogP contribution is 2.33. The van der Waals surface area contributed by atoms with Gasteiger partial charge in [-0.15, -0.1) is 0 Å². The summed E-state index contributed by atoms with van der Waals surface area (Å²) in [5.41, 5.74) is 3.43. The molecule has 0 unspecified atom stereocenters. The van der Waals surface area contributed by atoms with Crippen LogP contribution in [0.1, 0.15) is 18.1 Å². The summed E-state index contributed by atoms with van der Waals surface area (Å²) in [6.07, 6.45) is 0.832. The lowest BCUT2D eigenvalue weighted by molar-refractivity contribution is -0.130. The van der Waals surface area contributed by atoms with E-state index in [-0.39, 0.29) is 5.91 Å². The van der Waals surface area contributed by atoms with Crippen LogP contribution >= 0.6 is 0 Å². The zero-order valence-electron chi connectivity index (χ0n) is 15.7. The molecule has 0 aromatic heterocycles. The molecule has 3 rings (SSSR count). The van der Waals surface area contributed by atoms with Crippen LogP contribution in [0.15, 0.2) is 42.5 Å². The van der Waals surface area contributed by atoms with Crippen molar-refractivity contribution in [2.24, 2.45) is 0 Å². The van der Waals surface area contributed by atoms with Gasteiger partial charge in [0.05, 0.1) is 20.8 Å². The summed E-state index contributed by atoms with van der Waals surface area (Å²) in [6.45, 7) is 4.60. The molecule has 0 spiro atoms. The molecule has 1 heterocycles. The molecule has 2 aromatic carbocycles. The Morgan fingerprint density at radius 2 is 1.73 bits per heavy atom. The van der Waals surface area contributed by atoms with Crippen molar-refractivity contribution in [3.05, 3.63) is 53.6 Å². The predicted octanol–water partition coefficient (Wildman–Crippen LogP) is 3.12. The van der Waals surface area contributed by atoms with Crippen LogP contribution in [0.4, 0.5) is 5.69 Å². The van der Waals surface area contributed by atoms with E-state index >= 15 is 0 Å². The van der Waals surface area contributed by atoms with Gasteiger partial charge in [-0.2, -0.15) is 0 Å². The van der Waals surface area contributed by atoms with E-state index in [1.807, 2.05) is 47.4 Å². The molecule has 1 aliphatic rings. The lowest BCUT2D eigenvalue weighted by Gasteiger charge is -2.32. The number of ether oxygens (including phenoxy) is 2. The number of nitrogens with zero attached hydrogens (tertiary/aromatic N) is 2. The maximum absolute atomic E-state index is 12.9.